The van der Waals surface area contributed by atoms with Crippen LogP contribution in [0.3, 0.4) is 0 Å². The van der Waals surface area contributed by atoms with E-state index in [0.29, 0.717) is 38.9 Å². The molecule has 2 aromatic rings. The van der Waals surface area contributed by atoms with Crippen LogP contribution in [-0.2, 0) is 16.1 Å². The molecule has 2 amide bonds. The lowest BCUT2D eigenvalue weighted by Gasteiger charge is -2.32. The molecule has 0 aliphatic carbocycles. The monoisotopic (exact) mass is 407 g/mol. The summed E-state index contributed by atoms with van der Waals surface area (Å²) in [6.45, 7) is 3.83. The van der Waals surface area contributed by atoms with Gasteiger partial charge < -0.3 is 10.2 Å². The molecule has 7 heteroatoms. The van der Waals surface area contributed by atoms with Crippen molar-refractivity contribution in [2.45, 2.75) is 44.8 Å². The van der Waals surface area contributed by atoms with Gasteiger partial charge in [-0.3, -0.25) is 14.6 Å². The van der Waals surface area contributed by atoms with Gasteiger partial charge in [-0.2, -0.15) is 0 Å². The molecule has 3 N–H and O–H groups in total. The molecule has 7 nitrogen and oxygen atoms in total. The Morgan fingerprint density at radius 3 is 2.70 bits per heavy atom. The van der Waals surface area contributed by atoms with Gasteiger partial charge in [0, 0.05) is 31.7 Å². The number of nitrogens with zero attached hydrogens (tertiary/aromatic N) is 2. The van der Waals surface area contributed by atoms with Gasteiger partial charge in [-0.25, -0.2) is 10.9 Å². The highest BCUT2D eigenvalue weighted by molar-refractivity contribution is 5.83. The van der Waals surface area contributed by atoms with Crippen LogP contribution in [0, 0.1) is 12.8 Å². The zero-order valence-electron chi connectivity index (χ0n) is 17.3. The summed E-state index contributed by atoms with van der Waals surface area (Å²) in [6, 6.07) is 13.7. The van der Waals surface area contributed by atoms with Gasteiger partial charge in [0.2, 0.25) is 11.8 Å². The van der Waals surface area contributed by atoms with Crippen molar-refractivity contribution in [2.24, 2.45) is 5.92 Å². The lowest BCUT2D eigenvalue weighted by atomic mass is 9.95. The molecule has 2 fully saturated rings. The fraction of sp³-hybridized carbons (Fsp3) is 0.435. The second-order valence-corrected chi connectivity index (χ2v) is 8.19. The number of nitrogens with one attached hydrogen (secondary N) is 3. The Balaban J connectivity index is 1.23. The van der Waals surface area contributed by atoms with Gasteiger partial charge in [0.25, 0.3) is 0 Å². The molecule has 0 bridgehead atoms. The highest BCUT2D eigenvalue weighted by Crippen LogP contribution is 2.24. The summed E-state index contributed by atoms with van der Waals surface area (Å²) in [5, 5.41) is 3.05. The SMILES string of the molecule is Cc1cccc(CNC(=O)C2CCN(C(=O)C3CC(c4ccccn4)NN3)CC2)c1. The van der Waals surface area contributed by atoms with E-state index in [1.807, 2.05) is 48.2 Å². The predicted octanol–water partition coefficient (Wildman–Crippen LogP) is 1.85. The third-order valence-electron chi connectivity index (χ3n) is 5.97. The van der Waals surface area contributed by atoms with Crippen molar-refractivity contribution >= 4 is 11.8 Å². The predicted molar refractivity (Wildman–Crippen MR) is 114 cm³/mol. The summed E-state index contributed by atoms with van der Waals surface area (Å²) in [5.74, 6) is 0.147. The quantitative estimate of drug-likeness (QED) is 0.704. The summed E-state index contributed by atoms with van der Waals surface area (Å²) in [4.78, 5) is 31.7. The number of pyridine rings is 1. The highest BCUT2D eigenvalue weighted by Gasteiger charge is 2.35. The van der Waals surface area contributed by atoms with Crippen LogP contribution in [0.15, 0.2) is 48.7 Å². The third-order valence-corrected chi connectivity index (χ3v) is 5.97. The molecule has 1 aromatic heterocycles. The number of carbonyl (C=O) groups excluding carboxylic acids is 2. The van der Waals surface area contributed by atoms with Crippen molar-refractivity contribution in [3.63, 3.8) is 0 Å². The van der Waals surface area contributed by atoms with E-state index >= 15 is 0 Å². The van der Waals surface area contributed by atoms with Crippen LogP contribution in [0.2, 0.25) is 0 Å². The molecule has 30 heavy (non-hydrogen) atoms. The third kappa shape index (κ3) is 4.86. The molecule has 3 heterocycles. The smallest absolute Gasteiger partial charge is 0.241 e. The van der Waals surface area contributed by atoms with Crippen molar-refractivity contribution in [1.82, 2.24) is 26.1 Å². The molecule has 2 aliphatic heterocycles. The number of benzene rings is 1. The second kappa shape index (κ2) is 9.36. The topological polar surface area (TPSA) is 86.4 Å². The molecular formula is C23H29N5O2. The normalized spacial score (nSPS) is 22.1. The van der Waals surface area contributed by atoms with Crippen LogP contribution in [0.5, 0.6) is 0 Å². The molecule has 2 saturated heterocycles. The maximum atomic E-state index is 12.9. The Kier molecular flexibility index (Phi) is 6.40. The van der Waals surface area contributed by atoms with Crippen LogP contribution >= 0.6 is 0 Å². The molecule has 0 spiro atoms. The Morgan fingerprint density at radius 1 is 1.13 bits per heavy atom. The van der Waals surface area contributed by atoms with E-state index in [9.17, 15) is 9.59 Å². The Hall–Kier alpha value is -2.77. The minimum absolute atomic E-state index is 0.0325. The minimum Gasteiger partial charge on any atom is -0.352 e. The standard InChI is InChI=1S/C23H29N5O2/c1-16-5-4-6-17(13-16)15-25-22(29)18-8-11-28(12-9-18)23(30)21-14-20(26-27-21)19-7-2-3-10-24-19/h2-7,10,13,18,20-21,26-27H,8-9,11-12,14-15H2,1H3,(H,25,29). The molecule has 158 valence electrons. The number of likely N-dealkylation sites (tertiary alicyclic amines) is 1. The van der Waals surface area contributed by atoms with Crippen molar-refractivity contribution in [2.75, 3.05) is 13.1 Å². The first-order valence-corrected chi connectivity index (χ1v) is 10.6. The lowest BCUT2D eigenvalue weighted by Crippen LogP contribution is -2.49. The van der Waals surface area contributed by atoms with Gasteiger partial charge in [0.15, 0.2) is 0 Å². The summed E-state index contributed by atoms with van der Waals surface area (Å²) in [6.07, 6.45) is 3.85. The Morgan fingerprint density at radius 2 is 1.97 bits per heavy atom. The van der Waals surface area contributed by atoms with E-state index in [1.165, 1.54) is 5.56 Å². The van der Waals surface area contributed by atoms with Gasteiger partial charge in [0.1, 0.15) is 6.04 Å². The van der Waals surface area contributed by atoms with Crippen LogP contribution in [0.25, 0.3) is 0 Å². The maximum Gasteiger partial charge on any atom is 0.241 e. The lowest BCUT2D eigenvalue weighted by molar-refractivity contribution is -0.137. The number of hydrazine groups is 1. The summed E-state index contributed by atoms with van der Waals surface area (Å²) in [5.41, 5.74) is 9.53. The Labute approximate surface area is 177 Å². The van der Waals surface area contributed by atoms with E-state index < -0.39 is 0 Å². The highest BCUT2D eigenvalue weighted by atomic mass is 16.2. The second-order valence-electron chi connectivity index (χ2n) is 8.19. The van der Waals surface area contributed by atoms with Crippen molar-refractivity contribution in [3.05, 3.63) is 65.5 Å². The van der Waals surface area contributed by atoms with Crippen LogP contribution in [0.1, 0.15) is 42.1 Å². The van der Waals surface area contributed by atoms with Gasteiger partial charge in [-0.15, -0.1) is 0 Å². The Bertz CT molecular complexity index is 880. The summed E-state index contributed by atoms with van der Waals surface area (Å²) >= 11 is 0. The van der Waals surface area contributed by atoms with E-state index in [1.54, 1.807) is 6.20 Å². The van der Waals surface area contributed by atoms with E-state index in [4.69, 9.17) is 0 Å². The molecule has 1 aromatic carbocycles. The van der Waals surface area contributed by atoms with E-state index in [0.717, 1.165) is 11.3 Å². The van der Waals surface area contributed by atoms with E-state index in [-0.39, 0.29) is 29.8 Å². The van der Waals surface area contributed by atoms with Crippen LogP contribution in [0.4, 0.5) is 0 Å². The van der Waals surface area contributed by atoms with Crippen molar-refractivity contribution in [3.8, 4) is 0 Å². The number of amides is 2. The van der Waals surface area contributed by atoms with Crippen LogP contribution in [-0.4, -0.2) is 40.8 Å². The number of hydrogen-bond acceptors (Lipinski definition) is 5. The largest absolute Gasteiger partial charge is 0.352 e. The number of hydrogen-bond donors (Lipinski definition) is 3. The fourth-order valence-corrected chi connectivity index (χ4v) is 4.23. The number of carbonyl (C=O) groups is 2. The molecule has 0 saturated carbocycles. The zero-order valence-corrected chi connectivity index (χ0v) is 17.3. The summed E-state index contributed by atoms with van der Waals surface area (Å²) in [7, 11) is 0. The van der Waals surface area contributed by atoms with Gasteiger partial charge in [-0.1, -0.05) is 35.9 Å². The molecule has 2 atom stereocenters. The fourth-order valence-electron chi connectivity index (χ4n) is 4.23. The van der Waals surface area contributed by atoms with Gasteiger partial charge in [0.05, 0.1) is 11.7 Å². The minimum atomic E-state index is -0.260. The molecule has 2 unspecified atom stereocenters. The average Bonchev–Trinajstić information content (AvgIpc) is 3.28. The first-order chi connectivity index (χ1) is 14.6. The van der Waals surface area contributed by atoms with E-state index in [2.05, 4.69) is 27.2 Å². The number of aryl methyl sites for hydroxylation is 1. The first-order valence-electron chi connectivity index (χ1n) is 10.6. The van der Waals surface area contributed by atoms with Gasteiger partial charge in [-0.05, 0) is 43.9 Å². The number of rotatable bonds is 5. The maximum absolute atomic E-state index is 12.9. The van der Waals surface area contributed by atoms with Crippen molar-refractivity contribution in [1.29, 1.82) is 0 Å². The molecule has 4 rings (SSSR count). The molecule has 2 aliphatic rings. The average molecular weight is 408 g/mol. The van der Waals surface area contributed by atoms with Gasteiger partial charge >= 0.3 is 0 Å². The van der Waals surface area contributed by atoms with Crippen LogP contribution < -0.4 is 16.2 Å². The number of piperidine rings is 1. The van der Waals surface area contributed by atoms with Crippen molar-refractivity contribution < 1.29 is 9.59 Å². The molecule has 0 radical (unpaired) electrons. The molecular weight excluding hydrogens is 378 g/mol. The summed E-state index contributed by atoms with van der Waals surface area (Å²) < 4.78 is 0. The zero-order chi connectivity index (χ0) is 20.9. The first kappa shape index (κ1) is 20.5. The number of aromatic nitrogens is 1.